The zero-order chi connectivity index (χ0) is 15.4. The van der Waals surface area contributed by atoms with Gasteiger partial charge in [0.25, 0.3) is 0 Å². The van der Waals surface area contributed by atoms with Crippen molar-refractivity contribution in [3.05, 3.63) is 45.3 Å². The van der Waals surface area contributed by atoms with E-state index in [1.54, 1.807) is 20.3 Å². The molecule has 0 aliphatic carbocycles. The third-order valence-electron chi connectivity index (χ3n) is 3.10. The summed E-state index contributed by atoms with van der Waals surface area (Å²) in [5.41, 5.74) is 0.987. The molecule has 1 heterocycles. The predicted molar refractivity (Wildman–Crippen MR) is 86.5 cm³/mol. The number of hydrogen-bond donors (Lipinski definition) is 1. The van der Waals surface area contributed by atoms with E-state index < -0.39 is 0 Å². The van der Waals surface area contributed by atoms with Crippen molar-refractivity contribution in [3.8, 4) is 11.5 Å². The van der Waals surface area contributed by atoms with Crippen LogP contribution in [-0.4, -0.2) is 20.8 Å². The van der Waals surface area contributed by atoms with Crippen LogP contribution in [0.1, 0.15) is 24.3 Å². The highest BCUT2D eigenvalue weighted by Gasteiger charge is 2.22. The Hall–Kier alpha value is -1.17. The van der Waals surface area contributed by atoms with Crippen LogP contribution in [0.3, 0.4) is 0 Å². The number of ether oxygens (including phenoxy) is 2. The molecule has 0 fully saturated rings. The Morgan fingerprint density at radius 2 is 1.90 bits per heavy atom. The molecule has 1 aromatic carbocycles. The van der Waals surface area contributed by atoms with E-state index in [2.05, 4.69) is 21.2 Å². The van der Waals surface area contributed by atoms with Crippen LogP contribution in [0.5, 0.6) is 11.5 Å². The molecule has 0 aliphatic heterocycles. The third-order valence-corrected chi connectivity index (χ3v) is 3.99. The number of methoxy groups -OCH3 is 2. The summed E-state index contributed by atoms with van der Waals surface area (Å²) in [6.45, 7) is 2.82. The number of nitrogens with one attached hydrogen (secondary N) is 1. The predicted octanol–water partition coefficient (Wildman–Crippen LogP) is 4.41. The lowest BCUT2D eigenvalue weighted by Gasteiger charge is -2.19. The van der Waals surface area contributed by atoms with Gasteiger partial charge in [-0.1, -0.05) is 22.9 Å². The lowest BCUT2D eigenvalue weighted by atomic mass is 10.0. The van der Waals surface area contributed by atoms with Gasteiger partial charge in [0.2, 0.25) is 0 Å². The fourth-order valence-corrected chi connectivity index (χ4v) is 2.85. The van der Waals surface area contributed by atoms with Gasteiger partial charge in [-0.2, -0.15) is 0 Å². The summed E-state index contributed by atoms with van der Waals surface area (Å²) < 4.78 is 17.1. The molecular formula is C15H17BrClNO3. The molecule has 114 valence electrons. The highest BCUT2D eigenvalue weighted by molar-refractivity contribution is 9.10. The van der Waals surface area contributed by atoms with Crippen molar-refractivity contribution in [2.75, 3.05) is 20.8 Å². The van der Waals surface area contributed by atoms with E-state index in [0.29, 0.717) is 16.7 Å². The molecule has 0 radical (unpaired) electrons. The standard InChI is InChI=1S/C15H17BrClNO3/c1-4-18-15(11-5-6-14(17)21-11)9-7-12(19-2)13(20-3)8-10(9)16/h5-8,15,18H,4H2,1-3H3. The van der Waals surface area contributed by atoms with Crippen LogP contribution < -0.4 is 14.8 Å². The molecule has 1 N–H and O–H groups in total. The average Bonchev–Trinajstić information content (AvgIpc) is 2.91. The number of hydrogen-bond acceptors (Lipinski definition) is 4. The lowest BCUT2D eigenvalue weighted by molar-refractivity contribution is 0.353. The van der Waals surface area contributed by atoms with Gasteiger partial charge in [-0.3, -0.25) is 0 Å². The Morgan fingerprint density at radius 3 is 2.43 bits per heavy atom. The summed E-state index contributed by atoms with van der Waals surface area (Å²) in [5, 5.41) is 3.74. The van der Waals surface area contributed by atoms with Gasteiger partial charge in [-0.15, -0.1) is 0 Å². The smallest absolute Gasteiger partial charge is 0.193 e. The summed E-state index contributed by atoms with van der Waals surface area (Å²) in [4.78, 5) is 0. The van der Waals surface area contributed by atoms with Crippen LogP contribution in [0.2, 0.25) is 5.22 Å². The van der Waals surface area contributed by atoms with Gasteiger partial charge in [0.1, 0.15) is 5.76 Å². The minimum Gasteiger partial charge on any atom is -0.493 e. The Bertz CT molecular complexity index is 615. The first-order valence-electron chi connectivity index (χ1n) is 6.50. The Labute approximate surface area is 137 Å². The van der Waals surface area contributed by atoms with E-state index in [4.69, 9.17) is 25.5 Å². The van der Waals surface area contributed by atoms with Gasteiger partial charge in [0, 0.05) is 4.47 Å². The zero-order valence-corrected chi connectivity index (χ0v) is 14.4. The quantitative estimate of drug-likeness (QED) is 0.813. The third kappa shape index (κ3) is 3.54. The van der Waals surface area contributed by atoms with Gasteiger partial charge in [0.15, 0.2) is 16.7 Å². The second-order valence-corrected chi connectivity index (χ2v) is 5.59. The molecule has 0 saturated carbocycles. The minimum atomic E-state index is -0.128. The highest BCUT2D eigenvalue weighted by atomic mass is 79.9. The maximum absolute atomic E-state index is 5.89. The fourth-order valence-electron chi connectivity index (χ4n) is 2.14. The molecule has 21 heavy (non-hydrogen) atoms. The van der Waals surface area contributed by atoms with Crippen molar-refractivity contribution in [2.24, 2.45) is 0 Å². The second kappa shape index (κ2) is 7.20. The molecule has 0 amide bonds. The van der Waals surface area contributed by atoms with Crippen molar-refractivity contribution in [1.29, 1.82) is 0 Å². The van der Waals surface area contributed by atoms with Gasteiger partial charge >= 0.3 is 0 Å². The average molecular weight is 375 g/mol. The van der Waals surface area contributed by atoms with E-state index in [0.717, 1.165) is 22.3 Å². The number of benzene rings is 1. The van der Waals surface area contributed by atoms with E-state index in [-0.39, 0.29) is 6.04 Å². The first kappa shape index (κ1) is 16.2. The lowest BCUT2D eigenvalue weighted by Crippen LogP contribution is -2.22. The largest absolute Gasteiger partial charge is 0.493 e. The van der Waals surface area contributed by atoms with Crippen molar-refractivity contribution in [2.45, 2.75) is 13.0 Å². The van der Waals surface area contributed by atoms with Gasteiger partial charge < -0.3 is 19.2 Å². The molecule has 6 heteroatoms. The van der Waals surface area contributed by atoms with Crippen LogP contribution in [-0.2, 0) is 0 Å². The van der Waals surface area contributed by atoms with Gasteiger partial charge in [0.05, 0.1) is 20.3 Å². The highest BCUT2D eigenvalue weighted by Crippen LogP contribution is 2.38. The van der Waals surface area contributed by atoms with E-state index in [1.807, 2.05) is 25.1 Å². The summed E-state index contributed by atoms with van der Waals surface area (Å²) >= 11 is 9.46. The number of furan rings is 1. The Balaban J connectivity index is 2.49. The summed E-state index contributed by atoms with van der Waals surface area (Å²) in [6, 6.07) is 7.27. The zero-order valence-electron chi connectivity index (χ0n) is 12.1. The monoisotopic (exact) mass is 373 g/mol. The molecule has 0 bridgehead atoms. The molecule has 1 unspecified atom stereocenters. The molecular weight excluding hydrogens is 358 g/mol. The van der Waals surface area contributed by atoms with Crippen LogP contribution >= 0.6 is 27.5 Å². The molecule has 2 rings (SSSR count). The number of rotatable bonds is 6. The molecule has 2 aromatic rings. The van der Waals surface area contributed by atoms with Gasteiger partial charge in [-0.05, 0) is 48.0 Å². The van der Waals surface area contributed by atoms with E-state index >= 15 is 0 Å². The molecule has 0 spiro atoms. The van der Waals surface area contributed by atoms with E-state index in [9.17, 15) is 0 Å². The fraction of sp³-hybridized carbons (Fsp3) is 0.333. The molecule has 4 nitrogen and oxygen atoms in total. The van der Waals surface area contributed by atoms with Crippen molar-refractivity contribution in [3.63, 3.8) is 0 Å². The maximum atomic E-state index is 5.89. The molecule has 0 saturated heterocycles. The van der Waals surface area contributed by atoms with Crippen molar-refractivity contribution in [1.82, 2.24) is 5.32 Å². The second-order valence-electron chi connectivity index (χ2n) is 4.36. The number of halogens is 2. The first-order valence-corrected chi connectivity index (χ1v) is 7.67. The summed E-state index contributed by atoms with van der Waals surface area (Å²) in [7, 11) is 3.22. The Kier molecular flexibility index (Phi) is 5.56. The first-order chi connectivity index (χ1) is 10.1. The molecule has 1 aromatic heterocycles. The summed E-state index contributed by atoms with van der Waals surface area (Å²) in [5.74, 6) is 2.08. The van der Waals surface area contributed by atoms with Crippen LogP contribution in [0, 0.1) is 0 Å². The van der Waals surface area contributed by atoms with Crippen LogP contribution in [0.4, 0.5) is 0 Å². The molecule has 0 aliphatic rings. The summed E-state index contributed by atoms with van der Waals surface area (Å²) in [6.07, 6.45) is 0. The van der Waals surface area contributed by atoms with Crippen LogP contribution in [0.15, 0.2) is 33.2 Å². The van der Waals surface area contributed by atoms with Gasteiger partial charge in [-0.25, -0.2) is 0 Å². The van der Waals surface area contributed by atoms with Crippen LogP contribution in [0.25, 0.3) is 0 Å². The normalized spacial score (nSPS) is 12.2. The molecule has 1 atom stereocenters. The van der Waals surface area contributed by atoms with E-state index in [1.165, 1.54) is 0 Å². The van der Waals surface area contributed by atoms with Crippen molar-refractivity contribution >= 4 is 27.5 Å². The minimum absolute atomic E-state index is 0.128. The van der Waals surface area contributed by atoms with Crippen molar-refractivity contribution < 1.29 is 13.9 Å². The maximum Gasteiger partial charge on any atom is 0.193 e. The Morgan fingerprint density at radius 1 is 1.24 bits per heavy atom. The topological polar surface area (TPSA) is 43.6 Å². The SMILES string of the molecule is CCNC(c1ccc(Cl)o1)c1cc(OC)c(OC)cc1Br.